The SMILES string of the molecule is COC(=O)c1c(-c2ccccc2)c(C(c2ccccc2)N2CCOCC2)n2ccccc12. The molecule has 5 nitrogen and oxygen atoms in total. The average molecular weight is 427 g/mol. The fourth-order valence-corrected chi connectivity index (χ4v) is 4.72. The van der Waals surface area contributed by atoms with Gasteiger partial charge in [-0.25, -0.2) is 4.79 Å². The summed E-state index contributed by atoms with van der Waals surface area (Å²) in [6.07, 6.45) is 2.04. The molecule has 1 aliphatic heterocycles. The third kappa shape index (κ3) is 3.60. The van der Waals surface area contributed by atoms with Crippen molar-refractivity contribution in [1.82, 2.24) is 9.30 Å². The van der Waals surface area contributed by atoms with E-state index in [-0.39, 0.29) is 12.0 Å². The average Bonchev–Trinajstić information content (AvgIpc) is 3.20. The number of rotatable bonds is 5. The highest BCUT2D eigenvalue weighted by Crippen LogP contribution is 2.41. The van der Waals surface area contributed by atoms with Crippen molar-refractivity contribution in [3.63, 3.8) is 0 Å². The fraction of sp³-hybridized carbons (Fsp3) is 0.222. The van der Waals surface area contributed by atoms with Gasteiger partial charge in [-0.1, -0.05) is 66.7 Å². The van der Waals surface area contributed by atoms with Crippen molar-refractivity contribution < 1.29 is 14.3 Å². The van der Waals surface area contributed by atoms with Crippen molar-refractivity contribution >= 4 is 11.5 Å². The fourth-order valence-electron chi connectivity index (χ4n) is 4.72. The molecule has 1 atom stereocenters. The van der Waals surface area contributed by atoms with Crippen molar-refractivity contribution in [2.45, 2.75) is 6.04 Å². The zero-order chi connectivity index (χ0) is 21.9. The summed E-state index contributed by atoms with van der Waals surface area (Å²) in [6.45, 7) is 3.02. The second-order valence-electron chi connectivity index (χ2n) is 7.91. The predicted molar refractivity (Wildman–Crippen MR) is 125 cm³/mol. The standard InChI is InChI=1S/C27H26N2O3/c1-31-27(30)24-22-14-8-9-15-29(22)26(23(24)20-10-4-2-5-11-20)25(21-12-6-3-7-13-21)28-16-18-32-19-17-28/h2-15,25H,16-19H2,1H3. The number of carbonyl (C=O) groups is 1. The maximum Gasteiger partial charge on any atom is 0.340 e. The lowest BCUT2D eigenvalue weighted by molar-refractivity contribution is 0.0232. The van der Waals surface area contributed by atoms with E-state index in [2.05, 4.69) is 45.7 Å². The Morgan fingerprint density at radius 3 is 2.25 bits per heavy atom. The van der Waals surface area contributed by atoms with Gasteiger partial charge >= 0.3 is 5.97 Å². The van der Waals surface area contributed by atoms with E-state index in [1.54, 1.807) is 0 Å². The number of aromatic nitrogens is 1. The highest BCUT2D eigenvalue weighted by molar-refractivity contribution is 6.06. The van der Waals surface area contributed by atoms with Gasteiger partial charge in [-0.15, -0.1) is 0 Å². The first-order valence-corrected chi connectivity index (χ1v) is 10.9. The van der Waals surface area contributed by atoms with Gasteiger partial charge in [0.25, 0.3) is 0 Å². The summed E-state index contributed by atoms with van der Waals surface area (Å²) in [5.41, 5.74) is 5.63. The minimum Gasteiger partial charge on any atom is -0.465 e. The lowest BCUT2D eigenvalue weighted by Gasteiger charge is -2.35. The zero-order valence-corrected chi connectivity index (χ0v) is 18.1. The van der Waals surface area contributed by atoms with Gasteiger partial charge in [-0.05, 0) is 23.3 Å². The van der Waals surface area contributed by atoms with Crippen LogP contribution in [0.3, 0.4) is 0 Å². The molecule has 5 rings (SSSR count). The van der Waals surface area contributed by atoms with E-state index in [1.165, 1.54) is 12.7 Å². The Morgan fingerprint density at radius 2 is 1.56 bits per heavy atom. The monoisotopic (exact) mass is 426 g/mol. The lowest BCUT2D eigenvalue weighted by Crippen LogP contribution is -2.40. The molecule has 0 amide bonds. The van der Waals surface area contributed by atoms with Gasteiger partial charge in [0.2, 0.25) is 0 Å². The van der Waals surface area contributed by atoms with Crippen molar-refractivity contribution in [2.75, 3.05) is 33.4 Å². The van der Waals surface area contributed by atoms with Crippen molar-refractivity contribution in [3.8, 4) is 11.1 Å². The molecule has 162 valence electrons. The smallest absolute Gasteiger partial charge is 0.340 e. The van der Waals surface area contributed by atoms with Crippen LogP contribution in [0.4, 0.5) is 0 Å². The number of fused-ring (bicyclic) bond motifs is 1. The molecule has 5 heteroatoms. The minimum absolute atomic E-state index is 0.0383. The second kappa shape index (κ2) is 8.99. The number of hydrogen-bond donors (Lipinski definition) is 0. The van der Waals surface area contributed by atoms with Crippen molar-refractivity contribution in [1.29, 1.82) is 0 Å². The normalized spacial score (nSPS) is 15.5. The third-order valence-electron chi connectivity index (χ3n) is 6.12. The molecule has 4 aromatic rings. The zero-order valence-electron chi connectivity index (χ0n) is 18.1. The summed E-state index contributed by atoms with van der Waals surface area (Å²) in [5, 5.41) is 0. The summed E-state index contributed by atoms with van der Waals surface area (Å²) >= 11 is 0. The molecule has 2 aromatic carbocycles. The maximum absolute atomic E-state index is 13.1. The van der Waals surface area contributed by atoms with E-state index in [4.69, 9.17) is 9.47 Å². The highest BCUT2D eigenvalue weighted by atomic mass is 16.5. The van der Waals surface area contributed by atoms with E-state index >= 15 is 0 Å². The minimum atomic E-state index is -0.326. The number of hydrogen-bond acceptors (Lipinski definition) is 4. The number of pyridine rings is 1. The third-order valence-corrected chi connectivity index (χ3v) is 6.12. The molecule has 0 aliphatic carbocycles. The van der Waals surface area contributed by atoms with Crippen LogP contribution in [0.1, 0.15) is 27.7 Å². The van der Waals surface area contributed by atoms with Crippen LogP contribution in [0.2, 0.25) is 0 Å². The highest BCUT2D eigenvalue weighted by Gasteiger charge is 2.33. The number of esters is 1. The number of carbonyl (C=O) groups excluding carboxylic acids is 1. The molecule has 1 saturated heterocycles. The van der Waals surface area contributed by atoms with E-state index in [9.17, 15) is 4.79 Å². The molecule has 1 aliphatic rings. The summed E-state index contributed by atoms with van der Waals surface area (Å²) < 4.78 is 13.1. The van der Waals surface area contributed by atoms with Gasteiger partial charge in [0.15, 0.2) is 0 Å². The summed E-state index contributed by atoms with van der Waals surface area (Å²) in [7, 11) is 1.44. The number of nitrogens with zero attached hydrogens (tertiary/aromatic N) is 2. The molecule has 0 spiro atoms. The summed E-state index contributed by atoms with van der Waals surface area (Å²) in [4.78, 5) is 15.5. The predicted octanol–water partition coefficient (Wildman–Crippen LogP) is 4.81. The van der Waals surface area contributed by atoms with E-state index in [0.29, 0.717) is 18.8 Å². The summed E-state index contributed by atoms with van der Waals surface area (Å²) in [5.74, 6) is -0.326. The first kappa shape index (κ1) is 20.5. The molecule has 0 saturated carbocycles. The Bertz CT molecular complexity index is 1210. The Hall–Kier alpha value is -3.41. The van der Waals surface area contributed by atoms with E-state index in [1.807, 2.05) is 48.7 Å². The van der Waals surface area contributed by atoms with Crippen LogP contribution in [-0.2, 0) is 9.47 Å². The number of ether oxygens (including phenoxy) is 2. The molecular formula is C27H26N2O3. The van der Waals surface area contributed by atoms with Crippen LogP contribution in [-0.4, -0.2) is 48.7 Å². The molecule has 3 heterocycles. The summed E-state index contributed by atoms with van der Waals surface area (Å²) in [6, 6.07) is 26.6. The topological polar surface area (TPSA) is 43.2 Å². The molecule has 2 aromatic heterocycles. The van der Waals surface area contributed by atoms with Gasteiger partial charge in [-0.3, -0.25) is 4.90 Å². The van der Waals surface area contributed by atoms with Crippen molar-refractivity contribution in [3.05, 3.63) is 102 Å². The molecular weight excluding hydrogens is 400 g/mol. The molecule has 0 bridgehead atoms. The Balaban J connectivity index is 1.86. The van der Waals surface area contributed by atoms with Gasteiger partial charge in [-0.2, -0.15) is 0 Å². The van der Waals surface area contributed by atoms with Crippen LogP contribution >= 0.6 is 0 Å². The van der Waals surface area contributed by atoms with Gasteiger partial charge in [0, 0.05) is 24.8 Å². The maximum atomic E-state index is 13.1. The van der Waals surface area contributed by atoms with Crippen LogP contribution in [0.15, 0.2) is 85.1 Å². The van der Waals surface area contributed by atoms with Crippen LogP contribution in [0, 0.1) is 0 Å². The Labute approximate surface area is 187 Å². The van der Waals surface area contributed by atoms with E-state index in [0.717, 1.165) is 35.4 Å². The Morgan fingerprint density at radius 1 is 0.906 bits per heavy atom. The van der Waals surface area contributed by atoms with Gasteiger partial charge in [0.1, 0.15) is 0 Å². The lowest BCUT2D eigenvalue weighted by atomic mass is 9.93. The second-order valence-corrected chi connectivity index (χ2v) is 7.91. The number of benzene rings is 2. The van der Waals surface area contributed by atoms with Crippen molar-refractivity contribution in [2.24, 2.45) is 0 Å². The molecule has 1 unspecified atom stereocenters. The van der Waals surface area contributed by atoms with Gasteiger partial charge in [0.05, 0.1) is 43.1 Å². The molecule has 32 heavy (non-hydrogen) atoms. The molecule has 0 radical (unpaired) electrons. The van der Waals surface area contributed by atoms with E-state index < -0.39 is 0 Å². The first-order valence-electron chi connectivity index (χ1n) is 10.9. The molecule has 1 fully saturated rings. The van der Waals surface area contributed by atoms with Crippen LogP contribution < -0.4 is 0 Å². The quantitative estimate of drug-likeness (QED) is 0.430. The van der Waals surface area contributed by atoms with Crippen LogP contribution in [0.5, 0.6) is 0 Å². The van der Waals surface area contributed by atoms with Gasteiger partial charge < -0.3 is 13.9 Å². The largest absolute Gasteiger partial charge is 0.465 e. The molecule has 0 N–H and O–H groups in total. The first-order chi connectivity index (χ1) is 15.8. The Kier molecular flexibility index (Phi) is 5.75. The van der Waals surface area contributed by atoms with Crippen LogP contribution in [0.25, 0.3) is 16.6 Å². The number of methoxy groups -OCH3 is 1. The number of morpholine rings is 1.